The molecule has 0 saturated carbocycles. The Bertz CT molecular complexity index is 374. The molecule has 0 bridgehead atoms. The fraction of sp³-hybridized carbons (Fsp3) is 0.583. The second kappa shape index (κ2) is 9.91. The second-order valence-electron chi connectivity index (χ2n) is 3.71. The lowest BCUT2D eigenvalue weighted by atomic mass is 10.2. The molecule has 106 valence electrons. The van der Waals surface area contributed by atoms with Crippen molar-refractivity contribution >= 4 is 11.9 Å². The molecule has 1 unspecified atom stereocenters. The standard InChI is InChI=1S/C12H19N3O4/c1-3-19-6-4-5-14-8-10(7-13)11(16)15-9(2)12(17)18/h8-9,14H,3-6H2,1-2H3,(H,15,16)(H,17,18)/b10-8-. The molecule has 0 aliphatic carbocycles. The largest absolute Gasteiger partial charge is 0.480 e. The zero-order valence-corrected chi connectivity index (χ0v) is 11.1. The topological polar surface area (TPSA) is 111 Å². The van der Waals surface area contributed by atoms with Gasteiger partial charge in [0.05, 0.1) is 0 Å². The Balaban J connectivity index is 4.14. The lowest BCUT2D eigenvalue weighted by Gasteiger charge is -2.08. The molecule has 7 heteroatoms. The second-order valence-corrected chi connectivity index (χ2v) is 3.71. The summed E-state index contributed by atoms with van der Waals surface area (Å²) in [5.41, 5.74) is -0.162. The summed E-state index contributed by atoms with van der Waals surface area (Å²) >= 11 is 0. The number of hydrogen-bond donors (Lipinski definition) is 3. The van der Waals surface area contributed by atoms with Crippen LogP contribution in [0.15, 0.2) is 11.8 Å². The molecule has 0 aromatic heterocycles. The van der Waals surface area contributed by atoms with Crippen molar-refractivity contribution in [3.05, 3.63) is 11.8 Å². The first-order valence-electron chi connectivity index (χ1n) is 5.98. The van der Waals surface area contributed by atoms with Gasteiger partial charge in [0.1, 0.15) is 17.7 Å². The van der Waals surface area contributed by atoms with Gasteiger partial charge in [-0.25, -0.2) is 0 Å². The molecule has 0 fully saturated rings. The van der Waals surface area contributed by atoms with Gasteiger partial charge >= 0.3 is 5.97 Å². The van der Waals surface area contributed by atoms with E-state index < -0.39 is 17.9 Å². The molecule has 0 saturated heterocycles. The molecule has 7 nitrogen and oxygen atoms in total. The zero-order chi connectivity index (χ0) is 14.7. The summed E-state index contributed by atoms with van der Waals surface area (Å²) in [7, 11) is 0. The normalized spacial score (nSPS) is 12.4. The van der Waals surface area contributed by atoms with Gasteiger partial charge in [0.15, 0.2) is 0 Å². The maximum Gasteiger partial charge on any atom is 0.325 e. The van der Waals surface area contributed by atoms with Gasteiger partial charge in [-0.2, -0.15) is 5.26 Å². The van der Waals surface area contributed by atoms with Crippen LogP contribution in [0, 0.1) is 11.3 Å². The van der Waals surface area contributed by atoms with Crippen molar-refractivity contribution in [3.63, 3.8) is 0 Å². The molecule has 3 N–H and O–H groups in total. The number of carbonyl (C=O) groups is 2. The Kier molecular flexibility index (Phi) is 8.83. The van der Waals surface area contributed by atoms with E-state index in [1.807, 2.05) is 6.92 Å². The third-order valence-corrected chi connectivity index (χ3v) is 2.14. The Morgan fingerprint density at radius 1 is 1.53 bits per heavy atom. The Labute approximate surface area is 112 Å². The highest BCUT2D eigenvalue weighted by Crippen LogP contribution is 1.93. The fourth-order valence-corrected chi connectivity index (χ4v) is 1.08. The fourth-order valence-electron chi connectivity index (χ4n) is 1.08. The van der Waals surface area contributed by atoms with Gasteiger partial charge in [-0.05, 0) is 20.3 Å². The van der Waals surface area contributed by atoms with Crippen molar-refractivity contribution in [2.75, 3.05) is 19.8 Å². The van der Waals surface area contributed by atoms with Crippen LogP contribution in [0.3, 0.4) is 0 Å². The van der Waals surface area contributed by atoms with E-state index in [-0.39, 0.29) is 5.57 Å². The summed E-state index contributed by atoms with van der Waals surface area (Å²) in [6.45, 7) is 5.03. The van der Waals surface area contributed by atoms with Gasteiger partial charge in [0.25, 0.3) is 5.91 Å². The summed E-state index contributed by atoms with van der Waals surface area (Å²) in [5, 5.41) is 22.4. The minimum atomic E-state index is -1.16. The van der Waals surface area contributed by atoms with E-state index in [9.17, 15) is 9.59 Å². The smallest absolute Gasteiger partial charge is 0.325 e. The molecule has 0 heterocycles. The van der Waals surface area contributed by atoms with Crippen LogP contribution in [-0.2, 0) is 14.3 Å². The summed E-state index contributed by atoms with van der Waals surface area (Å²) in [6.07, 6.45) is 2.02. The quantitative estimate of drug-likeness (QED) is 0.308. The summed E-state index contributed by atoms with van der Waals surface area (Å²) < 4.78 is 5.12. The highest BCUT2D eigenvalue weighted by atomic mass is 16.5. The number of ether oxygens (including phenoxy) is 1. The average Bonchev–Trinajstić information content (AvgIpc) is 2.37. The van der Waals surface area contributed by atoms with Gasteiger partial charge < -0.3 is 20.5 Å². The van der Waals surface area contributed by atoms with Crippen LogP contribution in [0.2, 0.25) is 0 Å². The van der Waals surface area contributed by atoms with Gasteiger partial charge in [-0.1, -0.05) is 0 Å². The van der Waals surface area contributed by atoms with Crippen LogP contribution in [0.25, 0.3) is 0 Å². The van der Waals surface area contributed by atoms with E-state index in [1.165, 1.54) is 13.1 Å². The van der Waals surface area contributed by atoms with Crippen LogP contribution in [0.5, 0.6) is 0 Å². The van der Waals surface area contributed by atoms with Crippen LogP contribution in [0.1, 0.15) is 20.3 Å². The van der Waals surface area contributed by atoms with E-state index >= 15 is 0 Å². The van der Waals surface area contributed by atoms with Crippen LogP contribution < -0.4 is 10.6 Å². The van der Waals surface area contributed by atoms with Crippen molar-refractivity contribution in [1.82, 2.24) is 10.6 Å². The van der Waals surface area contributed by atoms with Crippen LogP contribution >= 0.6 is 0 Å². The van der Waals surface area contributed by atoms with Crippen molar-refractivity contribution in [3.8, 4) is 6.07 Å². The number of carboxylic acid groups (broad SMARTS) is 1. The van der Waals surface area contributed by atoms with E-state index in [1.54, 1.807) is 6.07 Å². The zero-order valence-electron chi connectivity index (χ0n) is 11.1. The van der Waals surface area contributed by atoms with E-state index in [2.05, 4.69) is 10.6 Å². The number of nitrogens with one attached hydrogen (secondary N) is 2. The average molecular weight is 269 g/mol. The minimum absolute atomic E-state index is 0.162. The Morgan fingerprint density at radius 3 is 2.74 bits per heavy atom. The third kappa shape index (κ3) is 7.78. The number of carbonyl (C=O) groups excluding carboxylic acids is 1. The number of amides is 1. The van der Waals surface area contributed by atoms with E-state index in [4.69, 9.17) is 15.1 Å². The molecule has 0 aliphatic rings. The summed E-state index contributed by atoms with van der Waals surface area (Å²) in [5.74, 6) is -1.87. The van der Waals surface area contributed by atoms with E-state index in [0.29, 0.717) is 19.8 Å². The number of carboxylic acids is 1. The first-order chi connectivity index (χ1) is 9.02. The lowest BCUT2D eigenvalue weighted by molar-refractivity contribution is -0.140. The molecular formula is C12H19N3O4. The van der Waals surface area contributed by atoms with Crippen molar-refractivity contribution in [1.29, 1.82) is 5.26 Å². The van der Waals surface area contributed by atoms with Gasteiger partial charge in [0.2, 0.25) is 0 Å². The number of aliphatic carboxylic acids is 1. The molecule has 0 aliphatic heterocycles. The SMILES string of the molecule is CCOCCCN/C=C(/C#N)C(=O)NC(C)C(=O)O. The van der Waals surface area contributed by atoms with E-state index in [0.717, 1.165) is 6.42 Å². The lowest BCUT2D eigenvalue weighted by Crippen LogP contribution is -2.39. The molecule has 0 radical (unpaired) electrons. The number of hydrogen-bond acceptors (Lipinski definition) is 5. The molecule has 0 aromatic rings. The van der Waals surface area contributed by atoms with Crippen LogP contribution in [-0.4, -0.2) is 42.8 Å². The first kappa shape index (κ1) is 16.9. The van der Waals surface area contributed by atoms with Crippen molar-refractivity contribution < 1.29 is 19.4 Å². The monoisotopic (exact) mass is 269 g/mol. The molecule has 1 amide bonds. The highest BCUT2D eigenvalue weighted by Gasteiger charge is 2.16. The molecule has 0 spiro atoms. The number of nitriles is 1. The van der Waals surface area contributed by atoms with Gasteiger partial charge in [0, 0.05) is 26.0 Å². The maximum absolute atomic E-state index is 11.5. The minimum Gasteiger partial charge on any atom is -0.480 e. The summed E-state index contributed by atoms with van der Waals surface area (Å²) in [4.78, 5) is 22.1. The van der Waals surface area contributed by atoms with Crippen molar-refractivity contribution in [2.45, 2.75) is 26.3 Å². The predicted octanol–water partition coefficient (Wildman–Crippen LogP) is -0.000620. The Hall–Kier alpha value is -2.07. The maximum atomic E-state index is 11.5. The molecule has 1 atom stereocenters. The Morgan fingerprint density at radius 2 is 2.21 bits per heavy atom. The number of rotatable bonds is 9. The van der Waals surface area contributed by atoms with Gasteiger partial charge in [-0.3, -0.25) is 9.59 Å². The number of nitrogens with zero attached hydrogens (tertiary/aromatic N) is 1. The van der Waals surface area contributed by atoms with Crippen LogP contribution in [0.4, 0.5) is 0 Å². The van der Waals surface area contributed by atoms with Gasteiger partial charge in [-0.15, -0.1) is 0 Å². The molecule has 0 aromatic carbocycles. The first-order valence-corrected chi connectivity index (χ1v) is 5.98. The predicted molar refractivity (Wildman–Crippen MR) is 68.0 cm³/mol. The highest BCUT2D eigenvalue weighted by molar-refractivity contribution is 5.98. The molecule has 0 rings (SSSR count). The summed E-state index contributed by atoms with van der Waals surface area (Å²) in [6, 6.07) is 0.671. The third-order valence-electron chi connectivity index (χ3n) is 2.14. The van der Waals surface area contributed by atoms with Crippen molar-refractivity contribution in [2.24, 2.45) is 0 Å². The molecule has 19 heavy (non-hydrogen) atoms. The molecular weight excluding hydrogens is 250 g/mol.